The number of carbonyl (C=O) groups is 1. The lowest BCUT2D eigenvalue weighted by Crippen LogP contribution is -2.41. The Morgan fingerprint density at radius 1 is 1.40 bits per heavy atom. The molecule has 5 nitrogen and oxygen atoms in total. The van der Waals surface area contributed by atoms with Crippen molar-refractivity contribution in [3.05, 3.63) is 52.6 Å². The van der Waals surface area contributed by atoms with E-state index in [2.05, 4.69) is 4.98 Å². The molecule has 1 atom stereocenters. The Bertz CT molecular complexity index is 843. The van der Waals surface area contributed by atoms with Gasteiger partial charge in [-0.3, -0.25) is 4.79 Å². The molecule has 25 heavy (non-hydrogen) atoms. The van der Waals surface area contributed by atoms with Gasteiger partial charge in [-0.05, 0) is 37.1 Å². The zero-order valence-electron chi connectivity index (χ0n) is 14.1. The molecule has 3 heterocycles. The fourth-order valence-corrected chi connectivity index (χ4v) is 3.80. The molecule has 0 bridgehead atoms. The molecule has 1 fully saturated rings. The minimum Gasteiger partial charge on any atom is -0.488 e. The molecule has 1 aromatic heterocycles. The molecule has 2 aromatic rings. The smallest absolute Gasteiger partial charge is 0.253 e. The minimum atomic E-state index is 0.0459. The van der Waals surface area contributed by atoms with Gasteiger partial charge in [-0.15, -0.1) is 0 Å². The predicted molar refractivity (Wildman–Crippen MR) is 96.7 cm³/mol. The highest BCUT2D eigenvalue weighted by molar-refractivity contribution is 6.30. The molecule has 1 saturated heterocycles. The van der Waals surface area contributed by atoms with E-state index in [0.29, 0.717) is 23.7 Å². The molecular weight excluding hydrogens is 338 g/mol. The van der Waals surface area contributed by atoms with Crippen LogP contribution in [-0.4, -0.2) is 40.1 Å². The van der Waals surface area contributed by atoms with E-state index in [0.717, 1.165) is 36.5 Å². The van der Waals surface area contributed by atoms with Crippen LogP contribution in [0.25, 0.3) is 6.08 Å². The van der Waals surface area contributed by atoms with Crippen LogP contribution in [-0.2, 0) is 11.8 Å². The summed E-state index contributed by atoms with van der Waals surface area (Å²) in [5, 5.41) is 0.639. The van der Waals surface area contributed by atoms with Crippen molar-refractivity contribution >= 4 is 23.6 Å². The predicted octanol–water partition coefficient (Wildman–Crippen LogP) is 3.26. The molecule has 4 rings (SSSR count). The number of piperidine rings is 1. The zero-order valence-corrected chi connectivity index (χ0v) is 14.9. The molecule has 0 radical (unpaired) electrons. The van der Waals surface area contributed by atoms with Crippen molar-refractivity contribution in [3.63, 3.8) is 0 Å². The number of imidazole rings is 1. The van der Waals surface area contributed by atoms with Crippen molar-refractivity contribution in [1.29, 1.82) is 0 Å². The summed E-state index contributed by atoms with van der Waals surface area (Å²) in [6.45, 7) is 1.78. The van der Waals surface area contributed by atoms with Gasteiger partial charge in [-0.25, -0.2) is 4.98 Å². The van der Waals surface area contributed by atoms with E-state index in [-0.39, 0.29) is 11.8 Å². The normalized spacial score (nSPS) is 19.8. The van der Waals surface area contributed by atoms with Gasteiger partial charge in [0.1, 0.15) is 18.2 Å². The van der Waals surface area contributed by atoms with Gasteiger partial charge in [0, 0.05) is 49.0 Å². The second-order valence-electron chi connectivity index (χ2n) is 6.63. The highest BCUT2D eigenvalue weighted by Crippen LogP contribution is 2.31. The monoisotopic (exact) mass is 357 g/mol. The number of hydrogen-bond donors (Lipinski definition) is 0. The number of fused-ring (bicyclic) bond motifs is 1. The molecule has 2 aliphatic heterocycles. The highest BCUT2D eigenvalue weighted by Gasteiger charge is 2.29. The van der Waals surface area contributed by atoms with Gasteiger partial charge in [0.25, 0.3) is 5.91 Å². The van der Waals surface area contributed by atoms with E-state index >= 15 is 0 Å². The molecule has 2 aliphatic rings. The maximum Gasteiger partial charge on any atom is 0.253 e. The minimum absolute atomic E-state index is 0.0459. The summed E-state index contributed by atoms with van der Waals surface area (Å²) < 4.78 is 7.77. The van der Waals surface area contributed by atoms with Crippen molar-refractivity contribution in [2.24, 2.45) is 7.05 Å². The molecule has 0 N–H and O–H groups in total. The van der Waals surface area contributed by atoms with Gasteiger partial charge in [0.2, 0.25) is 0 Å². The van der Waals surface area contributed by atoms with Crippen molar-refractivity contribution in [2.75, 3.05) is 19.7 Å². The lowest BCUT2D eigenvalue weighted by Gasteiger charge is -2.33. The van der Waals surface area contributed by atoms with E-state index in [1.165, 1.54) is 0 Å². The standard InChI is InChI=1S/C19H20ClN3O2/c1-22-8-6-21-18(22)13-3-2-7-23(11-13)19(24)15-9-14-10-16(20)4-5-17(14)25-12-15/h4-6,8-10,13H,2-3,7,11-12H2,1H3/t13-/m1/s1. The van der Waals surface area contributed by atoms with Gasteiger partial charge in [-0.1, -0.05) is 11.6 Å². The first kappa shape index (κ1) is 16.2. The quantitative estimate of drug-likeness (QED) is 0.828. The average Bonchev–Trinajstić information content (AvgIpc) is 3.06. The van der Waals surface area contributed by atoms with E-state index in [1.54, 1.807) is 6.07 Å². The van der Waals surface area contributed by atoms with Crippen molar-refractivity contribution in [3.8, 4) is 5.75 Å². The zero-order chi connectivity index (χ0) is 17.4. The van der Waals surface area contributed by atoms with E-state index in [9.17, 15) is 4.79 Å². The summed E-state index contributed by atoms with van der Waals surface area (Å²) >= 11 is 6.05. The third-order valence-electron chi connectivity index (χ3n) is 4.89. The van der Waals surface area contributed by atoms with Crippen molar-refractivity contribution in [1.82, 2.24) is 14.5 Å². The molecule has 130 valence electrons. The molecule has 0 aliphatic carbocycles. The number of likely N-dealkylation sites (tertiary alicyclic amines) is 1. The summed E-state index contributed by atoms with van der Waals surface area (Å²) in [7, 11) is 2.00. The SMILES string of the molecule is Cn1ccnc1[C@@H]1CCCN(C(=O)C2=Cc3cc(Cl)ccc3OC2)C1. The lowest BCUT2D eigenvalue weighted by atomic mass is 9.96. The number of rotatable bonds is 2. The van der Waals surface area contributed by atoms with E-state index in [1.807, 2.05) is 47.1 Å². The van der Waals surface area contributed by atoms with Crippen LogP contribution in [0, 0.1) is 0 Å². The molecule has 0 unspecified atom stereocenters. The van der Waals surface area contributed by atoms with Gasteiger partial charge < -0.3 is 14.2 Å². The van der Waals surface area contributed by atoms with Crippen molar-refractivity contribution < 1.29 is 9.53 Å². The third-order valence-corrected chi connectivity index (χ3v) is 5.13. The Morgan fingerprint density at radius 3 is 3.08 bits per heavy atom. The Balaban J connectivity index is 1.54. The summed E-state index contributed by atoms with van der Waals surface area (Å²) in [5.41, 5.74) is 1.54. The molecule has 0 spiro atoms. The molecule has 1 aromatic carbocycles. The van der Waals surface area contributed by atoms with Crippen LogP contribution in [0.1, 0.15) is 30.1 Å². The summed E-state index contributed by atoms with van der Waals surface area (Å²) in [6.07, 6.45) is 7.71. The number of hydrogen-bond acceptors (Lipinski definition) is 3. The van der Waals surface area contributed by atoms with Crippen LogP contribution in [0.15, 0.2) is 36.2 Å². The summed E-state index contributed by atoms with van der Waals surface area (Å²) in [5.74, 6) is 2.14. The highest BCUT2D eigenvalue weighted by atomic mass is 35.5. The maximum absolute atomic E-state index is 13.0. The number of benzene rings is 1. The summed E-state index contributed by atoms with van der Waals surface area (Å²) in [4.78, 5) is 19.3. The Labute approximate surface area is 151 Å². The fourth-order valence-electron chi connectivity index (χ4n) is 3.62. The van der Waals surface area contributed by atoms with Crippen LogP contribution in [0.2, 0.25) is 5.02 Å². The first-order chi connectivity index (χ1) is 12.1. The lowest BCUT2D eigenvalue weighted by molar-refractivity contribution is -0.128. The second-order valence-corrected chi connectivity index (χ2v) is 7.06. The largest absolute Gasteiger partial charge is 0.488 e. The van der Waals surface area contributed by atoms with Gasteiger partial charge in [-0.2, -0.15) is 0 Å². The average molecular weight is 358 g/mol. The Kier molecular flexibility index (Phi) is 4.25. The van der Waals surface area contributed by atoms with E-state index < -0.39 is 0 Å². The van der Waals surface area contributed by atoms with Crippen LogP contribution in [0.4, 0.5) is 0 Å². The molecule has 6 heteroatoms. The number of aromatic nitrogens is 2. The van der Waals surface area contributed by atoms with Crippen LogP contribution in [0.3, 0.4) is 0 Å². The van der Waals surface area contributed by atoms with Gasteiger partial charge in [0.15, 0.2) is 0 Å². The van der Waals surface area contributed by atoms with Gasteiger partial charge >= 0.3 is 0 Å². The van der Waals surface area contributed by atoms with Crippen LogP contribution < -0.4 is 4.74 Å². The fraction of sp³-hybridized carbons (Fsp3) is 0.368. The Hall–Kier alpha value is -2.27. The number of ether oxygens (including phenoxy) is 1. The molecular formula is C19H20ClN3O2. The van der Waals surface area contributed by atoms with Gasteiger partial charge in [0.05, 0.1) is 5.57 Å². The number of aryl methyl sites for hydroxylation is 1. The number of nitrogens with zero attached hydrogens (tertiary/aromatic N) is 3. The first-order valence-corrected chi connectivity index (χ1v) is 8.89. The number of amides is 1. The molecule has 0 saturated carbocycles. The second kappa shape index (κ2) is 6.56. The van der Waals surface area contributed by atoms with Crippen LogP contribution >= 0.6 is 11.6 Å². The first-order valence-electron chi connectivity index (χ1n) is 8.51. The number of carbonyl (C=O) groups excluding carboxylic acids is 1. The topological polar surface area (TPSA) is 47.4 Å². The maximum atomic E-state index is 13.0. The van der Waals surface area contributed by atoms with Crippen molar-refractivity contribution in [2.45, 2.75) is 18.8 Å². The molecule has 1 amide bonds. The third kappa shape index (κ3) is 3.16. The number of halogens is 1. The summed E-state index contributed by atoms with van der Waals surface area (Å²) in [6, 6.07) is 5.47. The Morgan fingerprint density at radius 2 is 2.28 bits per heavy atom. The van der Waals surface area contributed by atoms with E-state index in [4.69, 9.17) is 16.3 Å². The van der Waals surface area contributed by atoms with Crippen LogP contribution in [0.5, 0.6) is 5.75 Å².